The molecule has 0 saturated carbocycles. The van der Waals surface area contributed by atoms with Gasteiger partial charge in [-0.3, -0.25) is 4.79 Å². The number of likely N-dealkylation sites (N-methyl/N-ethyl adjacent to an activating group) is 1. The third-order valence-electron chi connectivity index (χ3n) is 3.59. The summed E-state index contributed by atoms with van der Waals surface area (Å²) in [5.74, 6) is -1.12. The maximum Gasteiger partial charge on any atom is 0.308 e. The molecule has 4 heteroatoms. The van der Waals surface area contributed by atoms with E-state index >= 15 is 0 Å². The molecule has 1 unspecified atom stereocenters. The maximum atomic E-state index is 11.1. The van der Waals surface area contributed by atoms with E-state index in [1.54, 1.807) is 6.92 Å². The molecule has 0 bridgehead atoms. The molecule has 0 aliphatic rings. The van der Waals surface area contributed by atoms with Crippen molar-refractivity contribution in [3.8, 4) is 0 Å². The Kier molecular flexibility index (Phi) is 6.02. The largest absolute Gasteiger partial charge is 0.481 e. The van der Waals surface area contributed by atoms with Gasteiger partial charge in [-0.25, -0.2) is 0 Å². The Bertz CT molecular complexity index is 458. The van der Waals surface area contributed by atoms with Gasteiger partial charge in [-0.1, -0.05) is 13.0 Å². The summed E-state index contributed by atoms with van der Waals surface area (Å²) in [6.07, 6.45) is 0. The number of carboxylic acid groups (broad SMARTS) is 1. The van der Waals surface area contributed by atoms with Crippen molar-refractivity contribution < 1.29 is 9.90 Å². The van der Waals surface area contributed by atoms with Crippen LogP contribution < -0.4 is 4.90 Å². The summed E-state index contributed by atoms with van der Waals surface area (Å²) < 4.78 is 0. The Morgan fingerprint density at radius 2 is 1.85 bits per heavy atom. The number of hydrogen-bond donors (Lipinski definition) is 1. The highest BCUT2D eigenvalue weighted by atomic mass is 16.4. The van der Waals surface area contributed by atoms with Gasteiger partial charge in [0, 0.05) is 25.3 Å². The van der Waals surface area contributed by atoms with E-state index < -0.39 is 5.97 Å². The lowest BCUT2D eigenvalue weighted by Crippen LogP contribution is -2.36. The van der Waals surface area contributed by atoms with Gasteiger partial charge in [-0.2, -0.15) is 0 Å². The van der Waals surface area contributed by atoms with E-state index in [2.05, 4.69) is 41.8 Å². The molecule has 0 radical (unpaired) electrons. The van der Waals surface area contributed by atoms with Gasteiger partial charge in [0.25, 0.3) is 0 Å². The summed E-state index contributed by atoms with van der Waals surface area (Å²) in [7, 11) is 4.05. The van der Waals surface area contributed by atoms with Crippen LogP contribution in [-0.2, 0) is 4.79 Å². The number of aryl methyl sites for hydroxylation is 2. The molecule has 0 aromatic heterocycles. The van der Waals surface area contributed by atoms with E-state index in [1.807, 2.05) is 14.1 Å². The minimum Gasteiger partial charge on any atom is -0.481 e. The van der Waals surface area contributed by atoms with Crippen LogP contribution in [0.3, 0.4) is 0 Å². The van der Waals surface area contributed by atoms with E-state index in [9.17, 15) is 4.79 Å². The summed E-state index contributed by atoms with van der Waals surface area (Å²) in [5.41, 5.74) is 3.59. The van der Waals surface area contributed by atoms with E-state index in [-0.39, 0.29) is 5.92 Å². The van der Waals surface area contributed by atoms with Gasteiger partial charge in [0.1, 0.15) is 0 Å². The first kappa shape index (κ1) is 16.5. The Morgan fingerprint density at radius 3 is 2.35 bits per heavy atom. The third-order valence-corrected chi connectivity index (χ3v) is 3.59. The predicted molar refractivity (Wildman–Crippen MR) is 83.5 cm³/mol. The van der Waals surface area contributed by atoms with Crippen LogP contribution in [0, 0.1) is 19.8 Å². The van der Waals surface area contributed by atoms with Gasteiger partial charge in [-0.05, 0) is 51.2 Å². The second-order valence-corrected chi connectivity index (χ2v) is 5.76. The van der Waals surface area contributed by atoms with Crippen LogP contribution >= 0.6 is 0 Å². The highest BCUT2D eigenvalue weighted by Crippen LogP contribution is 2.20. The highest BCUT2D eigenvalue weighted by molar-refractivity contribution is 5.70. The topological polar surface area (TPSA) is 43.8 Å². The van der Waals surface area contributed by atoms with Crippen LogP contribution in [0.1, 0.15) is 18.1 Å². The Balaban J connectivity index is 2.90. The Labute approximate surface area is 122 Å². The minimum atomic E-state index is -0.747. The molecule has 0 heterocycles. The van der Waals surface area contributed by atoms with Crippen LogP contribution in [0.25, 0.3) is 0 Å². The third kappa shape index (κ3) is 4.85. The number of benzene rings is 1. The van der Waals surface area contributed by atoms with E-state index in [0.717, 1.165) is 18.8 Å². The first-order valence-electron chi connectivity index (χ1n) is 7.01. The number of aliphatic carboxylic acids is 1. The smallest absolute Gasteiger partial charge is 0.308 e. The van der Waals surface area contributed by atoms with Gasteiger partial charge in [-0.15, -0.1) is 0 Å². The van der Waals surface area contributed by atoms with Crippen molar-refractivity contribution in [1.29, 1.82) is 0 Å². The zero-order valence-electron chi connectivity index (χ0n) is 13.2. The molecular formula is C16H26N2O2. The molecule has 1 aromatic carbocycles. The molecule has 0 saturated heterocycles. The van der Waals surface area contributed by atoms with Gasteiger partial charge >= 0.3 is 5.97 Å². The first-order chi connectivity index (χ1) is 9.31. The predicted octanol–water partition coefficient (Wildman–Crippen LogP) is 2.39. The molecule has 1 N–H and O–H groups in total. The molecule has 1 aromatic rings. The van der Waals surface area contributed by atoms with Crippen molar-refractivity contribution in [1.82, 2.24) is 4.90 Å². The van der Waals surface area contributed by atoms with Crippen molar-refractivity contribution in [2.75, 3.05) is 38.6 Å². The first-order valence-corrected chi connectivity index (χ1v) is 7.01. The fourth-order valence-electron chi connectivity index (χ4n) is 1.98. The fourth-order valence-corrected chi connectivity index (χ4v) is 1.98. The lowest BCUT2D eigenvalue weighted by Gasteiger charge is -2.28. The van der Waals surface area contributed by atoms with Crippen LogP contribution in [0.5, 0.6) is 0 Å². The number of anilines is 1. The molecule has 1 atom stereocenters. The summed E-state index contributed by atoms with van der Waals surface area (Å²) in [6, 6.07) is 6.31. The summed E-state index contributed by atoms with van der Waals surface area (Å²) >= 11 is 0. The van der Waals surface area contributed by atoms with Crippen LogP contribution in [0.15, 0.2) is 18.2 Å². The SMILES string of the molecule is Cc1ccc(N(CCN(C)C)CC(C)C(=O)O)cc1C. The van der Waals surface area contributed by atoms with Crippen LogP contribution in [-0.4, -0.2) is 49.7 Å². The second kappa shape index (κ2) is 7.29. The van der Waals surface area contributed by atoms with Crippen LogP contribution in [0.2, 0.25) is 0 Å². The Morgan fingerprint density at radius 1 is 1.20 bits per heavy atom. The quantitative estimate of drug-likeness (QED) is 0.832. The van der Waals surface area contributed by atoms with Gasteiger partial charge < -0.3 is 14.9 Å². The zero-order chi connectivity index (χ0) is 15.3. The second-order valence-electron chi connectivity index (χ2n) is 5.76. The normalized spacial score (nSPS) is 12.5. The van der Waals surface area contributed by atoms with Crippen molar-refractivity contribution in [2.45, 2.75) is 20.8 Å². The van der Waals surface area contributed by atoms with Crippen LogP contribution in [0.4, 0.5) is 5.69 Å². The molecular weight excluding hydrogens is 252 g/mol. The molecule has 0 aliphatic carbocycles. The minimum absolute atomic E-state index is 0.376. The molecule has 4 nitrogen and oxygen atoms in total. The van der Waals surface area contributed by atoms with Crippen molar-refractivity contribution >= 4 is 11.7 Å². The summed E-state index contributed by atoms with van der Waals surface area (Å²) in [4.78, 5) is 15.4. The van der Waals surface area contributed by atoms with Gasteiger partial charge in [0.2, 0.25) is 0 Å². The molecule has 1 rings (SSSR count). The lowest BCUT2D eigenvalue weighted by atomic mass is 10.1. The summed E-state index contributed by atoms with van der Waals surface area (Å²) in [5, 5.41) is 9.12. The molecule has 112 valence electrons. The number of hydrogen-bond acceptors (Lipinski definition) is 3. The molecule has 0 fully saturated rings. The van der Waals surface area contributed by atoms with E-state index in [0.29, 0.717) is 6.54 Å². The molecule has 20 heavy (non-hydrogen) atoms. The lowest BCUT2D eigenvalue weighted by molar-refractivity contribution is -0.140. The van der Waals surface area contributed by atoms with Gasteiger partial charge in [0.05, 0.1) is 5.92 Å². The number of rotatable bonds is 7. The Hall–Kier alpha value is -1.55. The zero-order valence-corrected chi connectivity index (χ0v) is 13.2. The van der Waals surface area contributed by atoms with Crippen molar-refractivity contribution in [2.24, 2.45) is 5.92 Å². The monoisotopic (exact) mass is 278 g/mol. The number of carbonyl (C=O) groups is 1. The van der Waals surface area contributed by atoms with E-state index in [4.69, 9.17) is 5.11 Å². The number of nitrogens with zero attached hydrogens (tertiary/aromatic N) is 2. The maximum absolute atomic E-state index is 11.1. The van der Waals surface area contributed by atoms with E-state index in [1.165, 1.54) is 11.1 Å². The molecule has 0 spiro atoms. The average Bonchev–Trinajstić information content (AvgIpc) is 2.37. The average molecular weight is 278 g/mol. The fraction of sp³-hybridized carbons (Fsp3) is 0.562. The van der Waals surface area contributed by atoms with Gasteiger partial charge in [0.15, 0.2) is 0 Å². The van der Waals surface area contributed by atoms with Crippen molar-refractivity contribution in [3.05, 3.63) is 29.3 Å². The van der Waals surface area contributed by atoms with Crippen molar-refractivity contribution in [3.63, 3.8) is 0 Å². The molecule has 0 amide bonds. The molecule has 0 aliphatic heterocycles. The standard InChI is InChI=1S/C16H26N2O2/c1-12-6-7-15(10-13(12)2)18(9-8-17(4)5)11-14(3)16(19)20/h6-7,10,14H,8-9,11H2,1-5H3,(H,19,20). The number of carboxylic acids is 1. The highest BCUT2D eigenvalue weighted by Gasteiger charge is 2.17. The summed E-state index contributed by atoms with van der Waals surface area (Å²) in [6.45, 7) is 8.19.